The molecule has 3 N–H and O–H groups in total. The van der Waals surface area contributed by atoms with Crippen LogP contribution < -0.4 is 0 Å². The molecule has 0 saturated carbocycles. The monoisotopic (exact) mass is 413 g/mol. The second-order valence-electron chi connectivity index (χ2n) is 6.23. The van der Waals surface area contributed by atoms with Crippen molar-refractivity contribution >= 4 is 34.4 Å². The van der Waals surface area contributed by atoms with Crippen LogP contribution in [0.15, 0.2) is 64.6 Å². The van der Waals surface area contributed by atoms with Crippen LogP contribution in [0.2, 0.25) is 0 Å². The van der Waals surface area contributed by atoms with Crippen molar-refractivity contribution in [2.24, 2.45) is 0 Å². The number of ketones is 1. The van der Waals surface area contributed by atoms with E-state index in [9.17, 15) is 24.9 Å². The fourth-order valence-corrected chi connectivity index (χ4v) is 4.60. The Bertz CT molecular complexity index is 1070. The molecule has 142 valence electrons. The van der Waals surface area contributed by atoms with Crippen LogP contribution in [0, 0.1) is 0 Å². The van der Waals surface area contributed by atoms with Crippen molar-refractivity contribution in [1.29, 1.82) is 0 Å². The maximum atomic E-state index is 13.1. The molecule has 0 saturated heterocycles. The number of phenols is 2. The number of thiophene rings is 2. The van der Waals surface area contributed by atoms with E-state index in [4.69, 9.17) is 0 Å². The van der Waals surface area contributed by atoms with Gasteiger partial charge in [0.2, 0.25) is 5.78 Å². The maximum Gasteiger partial charge on any atom is 0.290 e. The minimum Gasteiger partial charge on any atom is -0.504 e. The highest BCUT2D eigenvalue weighted by molar-refractivity contribution is 7.12. The molecule has 0 bridgehead atoms. The Balaban J connectivity index is 1.83. The number of carbonyl (C=O) groups excluding carboxylic acids is 2. The van der Waals surface area contributed by atoms with E-state index < -0.39 is 23.5 Å². The molecular formula is C20H15NO5S2. The number of carbonyl (C=O) groups is 2. The highest BCUT2D eigenvalue weighted by Crippen LogP contribution is 2.42. The van der Waals surface area contributed by atoms with Crippen LogP contribution in [0.1, 0.15) is 26.2 Å². The van der Waals surface area contributed by atoms with Crippen LogP contribution in [-0.2, 0) is 11.3 Å². The van der Waals surface area contributed by atoms with Gasteiger partial charge in [-0.2, -0.15) is 0 Å². The van der Waals surface area contributed by atoms with Gasteiger partial charge in [-0.05, 0) is 40.6 Å². The summed E-state index contributed by atoms with van der Waals surface area (Å²) in [6.45, 7) is 0.202. The molecule has 1 aromatic carbocycles. The van der Waals surface area contributed by atoms with Crippen LogP contribution in [0.25, 0.3) is 0 Å². The van der Waals surface area contributed by atoms with Gasteiger partial charge in [-0.25, -0.2) is 0 Å². The lowest BCUT2D eigenvalue weighted by molar-refractivity contribution is -0.130. The SMILES string of the molecule is O=C(C1=C(O)C(=O)N(Cc2cccs2)C1c1ccc(O)c(O)c1)c1cccs1. The van der Waals surface area contributed by atoms with Crippen molar-refractivity contribution in [2.45, 2.75) is 12.6 Å². The Labute approximate surface area is 168 Å². The van der Waals surface area contributed by atoms with E-state index in [1.54, 1.807) is 17.5 Å². The molecule has 1 atom stereocenters. The minimum absolute atomic E-state index is 0.0332. The summed E-state index contributed by atoms with van der Waals surface area (Å²) in [7, 11) is 0. The molecule has 2 aromatic heterocycles. The first kappa shape index (κ1) is 18.3. The van der Waals surface area contributed by atoms with E-state index in [1.807, 2.05) is 17.5 Å². The summed E-state index contributed by atoms with van der Waals surface area (Å²) in [5.74, 6) is -2.35. The first-order valence-electron chi connectivity index (χ1n) is 8.34. The number of benzene rings is 1. The first-order valence-corrected chi connectivity index (χ1v) is 10.1. The molecule has 1 unspecified atom stereocenters. The van der Waals surface area contributed by atoms with Gasteiger partial charge in [0, 0.05) is 4.88 Å². The van der Waals surface area contributed by atoms with Gasteiger partial charge in [0.05, 0.1) is 23.0 Å². The van der Waals surface area contributed by atoms with Crippen molar-refractivity contribution in [3.63, 3.8) is 0 Å². The van der Waals surface area contributed by atoms with Crippen LogP contribution in [0.5, 0.6) is 11.5 Å². The van der Waals surface area contributed by atoms with Crippen LogP contribution in [0.3, 0.4) is 0 Å². The molecule has 6 nitrogen and oxygen atoms in total. The highest BCUT2D eigenvalue weighted by atomic mass is 32.1. The number of amides is 1. The van der Waals surface area contributed by atoms with Gasteiger partial charge < -0.3 is 20.2 Å². The Morgan fingerprint density at radius 1 is 1.00 bits per heavy atom. The molecule has 3 aromatic rings. The van der Waals surface area contributed by atoms with Crippen molar-refractivity contribution in [1.82, 2.24) is 4.90 Å². The third kappa shape index (κ3) is 3.06. The third-order valence-electron chi connectivity index (χ3n) is 4.51. The topological polar surface area (TPSA) is 98.1 Å². The summed E-state index contributed by atoms with van der Waals surface area (Å²) in [6, 6.07) is 10.3. The fraction of sp³-hybridized carbons (Fsp3) is 0.100. The fourth-order valence-electron chi connectivity index (χ4n) is 3.22. The zero-order chi connectivity index (χ0) is 19.8. The van der Waals surface area contributed by atoms with Gasteiger partial charge in [0.1, 0.15) is 0 Å². The minimum atomic E-state index is -0.879. The number of aliphatic hydroxyl groups is 1. The lowest BCUT2D eigenvalue weighted by Crippen LogP contribution is -2.30. The normalized spacial score (nSPS) is 16.8. The number of Topliss-reactive ketones (excluding diaryl/α,β-unsaturated/α-hetero) is 1. The molecule has 0 fully saturated rings. The van der Waals surface area contributed by atoms with Gasteiger partial charge in [0.15, 0.2) is 17.3 Å². The second-order valence-corrected chi connectivity index (χ2v) is 8.21. The Hall–Kier alpha value is -3.10. The first-order chi connectivity index (χ1) is 13.5. The summed E-state index contributed by atoms with van der Waals surface area (Å²) in [5, 5.41) is 33.7. The third-order valence-corrected chi connectivity index (χ3v) is 6.24. The smallest absolute Gasteiger partial charge is 0.290 e. The quantitative estimate of drug-likeness (QED) is 0.434. The van der Waals surface area contributed by atoms with E-state index in [1.165, 1.54) is 45.8 Å². The van der Waals surface area contributed by atoms with E-state index >= 15 is 0 Å². The number of hydrogen-bond donors (Lipinski definition) is 3. The summed E-state index contributed by atoms with van der Waals surface area (Å²) in [5.41, 5.74) is 0.387. The molecule has 1 aliphatic rings. The van der Waals surface area contributed by atoms with Gasteiger partial charge >= 0.3 is 0 Å². The predicted molar refractivity (Wildman–Crippen MR) is 106 cm³/mol. The second kappa shape index (κ2) is 7.14. The lowest BCUT2D eigenvalue weighted by Gasteiger charge is -2.26. The number of aliphatic hydroxyl groups excluding tert-OH is 1. The molecule has 0 radical (unpaired) electrons. The molecular weight excluding hydrogens is 398 g/mol. The molecule has 0 aliphatic carbocycles. The predicted octanol–water partition coefficient (Wildman–Crippen LogP) is 4.00. The summed E-state index contributed by atoms with van der Waals surface area (Å²) >= 11 is 2.68. The summed E-state index contributed by atoms with van der Waals surface area (Å²) in [4.78, 5) is 28.6. The van der Waals surface area contributed by atoms with Crippen molar-refractivity contribution in [3.8, 4) is 11.5 Å². The average Bonchev–Trinajstić information content (AvgIpc) is 3.42. The lowest BCUT2D eigenvalue weighted by atomic mass is 9.95. The Kier molecular flexibility index (Phi) is 4.66. The molecule has 4 rings (SSSR count). The average molecular weight is 413 g/mol. The number of rotatable bonds is 5. The van der Waals surface area contributed by atoms with Gasteiger partial charge in [0.25, 0.3) is 5.91 Å². The Morgan fingerprint density at radius 2 is 1.75 bits per heavy atom. The van der Waals surface area contributed by atoms with E-state index in [-0.39, 0.29) is 23.6 Å². The molecule has 1 amide bonds. The standard InChI is InChI=1S/C20H15NO5S2/c22-13-6-5-11(9-14(13)23)17-16(18(24)15-4-2-8-28-15)19(25)20(26)21(17)10-12-3-1-7-27-12/h1-9,17,22-23,25H,10H2. The number of aromatic hydroxyl groups is 2. The molecule has 1 aliphatic heterocycles. The van der Waals surface area contributed by atoms with Gasteiger partial charge in [-0.3, -0.25) is 9.59 Å². The zero-order valence-corrected chi connectivity index (χ0v) is 16.0. The van der Waals surface area contributed by atoms with Crippen molar-refractivity contribution < 1.29 is 24.9 Å². The van der Waals surface area contributed by atoms with E-state index in [0.29, 0.717) is 10.4 Å². The molecule has 8 heteroatoms. The zero-order valence-electron chi connectivity index (χ0n) is 14.4. The number of hydrogen-bond acceptors (Lipinski definition) is 7. The van der Waals surface area contributed by atoms with Crippen LogP contribution in [0.4, 0.5) is 0 Å². The molecule has 28 heavy (non-hydrogen) atoms. The highest BCUT2D eigenvalue weighted by Gasteiger charge is 2.44. The molecule has 3 heterocycles. The van der Waals surface area contributed by atoms with E-state index in [0.717, 1.165) is 4.88 Å². The van der Waals surface area contributed by atoms with Gasteiger partial charge in [-0.15, -0.1) is 22.7 Å². The maximum absolute atomic E-state index is 13.1. The Morgan fingerprint density at radius 3 is 2.39 bits per heavy atom. The summed E-state index contributed by atoms with van der Waals surface area (Å²) in [6.07, 6.45) is 0. The van der Waals surface area contributed by atoms with Gasteiger partial charge in [-0.1, -0.05) is 18.2 Å². The van der Waals surface area contributed by atoms with Crippen molar-refractivity contribution in [3.05, 3.63) is 79.9 Å². The van der Waals surface area contributed by atoms with E-state index in [2.05, 4.69) is 0 Å². The van der Waals surface area contributed by atoms with Crippen LogP contribution >= 0.6 is 22.7 Å². The number of phenolic OH excluding ortho intramolecular Hbond substituents is 2. The van der Waals surface area contributed by atoms with Crippen molar-refractivity contribution in [2.75, 3.05) is 0 Å². The van der Waals surface area contributed by atoms with Crippen LogP contribution in [-0.4, -0.2) is 31.9 Å². The number of nitrogens with zero attached hydrogens (tertiary/aromatic N) is 1. The molecule has 0 spiro atoms. The summed E-state index contributed by atoms with van der Waals surface area (Å²) < 4.78 is 0. The largest absolute Gasteiger partial charge is 0.504 e.